The Morgan fingerprint density at radius 3 is 2.59 bits per heavy atom. The van der Waals surface area contributed by atoms with Crippen LogP contribution in [0.5, 0.6) is 0 Å². The summed E-state index contributed by atoms with van der Waals surface area (Å²) in [7, 11) is 3.80. The third-order valence-electron chi connectivity index (χ3n) is 2.24. The number of rotatable bonds is 4. The van der Waals surface area contributed by atoms with E-state index in [0.29, 0.717) is 0 Å². The molecule has 0 aromatic heterocycles. The van der Waals surface area contributed by atoms with E-state index in [4.69, 9.17) is 0 Å². The molecular weight excluding hydrogens is 325 g/mol. The lowest BCUT2D eigenvalue weighted by Crippen LogP contribution is -2.38. The maximum absolute atomic E-state index is 4.21. The van der Waals surface area contributed by atoms with E-state index in [1.54, 1.807) is 7.05 Å². The monoisotopic (exact) mass is 345 g/mol. The van der Waals surface area contributed by atoms with E-state index in [0.717, 1.165) is 19.0 Å². The molecule has 0 fully saturated rings. The molecule has 1 rings (SSSR count). The normalized spacial score (nSPS) is 10.4. The summed E-state index contributed by atoms with van der Waals surface area (Å²) in [5.41, 5.74) is 1.27. The van der Waals surface area contributed by atoms with Crippen LogP contribution >= 0.6 is 24.0 Å². The van der Waals surface area contributed by atoms with Gasteiger partial charge in [0.1, 0.15) is 0 Å². The molecular formula is C13H20IN3. The Hall–Kier alpha value is -1.04. The van der Waals surface area contributed by atoms with Crippen LogP contribution in [0, 0.1) is 0 Å². The van der Waals surface area contributed by atoms with Crippen molar-refractivity contribution in [3.8, 4) is 0 Å². The zero-order chi connectivity index (χ0) is 11.8. The molecule has 0 bridgehead atoms. The van der Waals surface area contributed by atoms with E-state index >= 15 is 0 Å². The van der Waals surface area contributed by atoms with E-state index in [9.17, 15) is 0 Å². The highest BCUT2D eigenvalue weighted by molar-refractivity contribution is 14.0. The fraction of sp³-hybridized carbons (Fsp3) is 0.308. The summed E-state index contributed by atoms with van der Waals surface area (Å²) in [4.78, 5) is 6.29. The summed E-state index contributed by atoms with van der Waals surface area (Å²) >= 11 is 0. The predicted octanol–water partition coefficient (Wildman–Crippen LogP) is 2.50. The van der Waals surface area contributed by atoms with Gasteiger partial charge in [-0.15, -0.1) is 30.6 Å². The first-order valence-electron chi connectivity index (χ1n) is 5.34. The Labute approximate surface area is 121 Å². The fourth-order valence-electron chi connectivity index (χ4n) is 1.48. The van der Waals surface area contributed by atoms with Gasteiger partial charge in [0, 0.05) is 27.2 Å². The third-order valence-corrected chi connectivity index (χ3v) is 2.24. The second-order valence-electron chi connectivity index (χ2n) is 3.56. The molecule has 0 aliphatic rings. The highest BCUT2D eigenvalue weighted by atomic mass is 127. The van der Waals surface area contributed by atoms with Crippen molar-refractivity contribution < 1.29 is 0 Å². The molecule has 0 aliphatic heterocycles. The van der Waals surface area contributed by atoms with Gasteiger partial charge in [-0.25, -0.2) is 0 Å². The van der Waals surface area contributed by atoms with E-state index in [2.05, 4.69) is 33.9 Å². The number of halogens is 1. The molecule has 0 amide bonds. The van der Waals surface area contributed by atoms with Crippen LogP contribution in [-0.2, 0) is 6.54 Å². The first kappa shape index (κ1) is 16.0. The summed E-state index contributed by atoms with van der Waals surface area (Å²) < 4.78 is 0. The average molecular weight is 345 g/mol. The van der Waals surface area contributed by atoms with Crippen LogP contribution < -0.4 is 5.32 Å². The second kappa shape index (κ2) is 9.04. The van der Waals surface area contributed by atoms with Crippen LogP contribution in [0.25, 0.3) is 0 Å². The standard InChI is InChI=1S/C13H19N3.HI/c1-4-10-15-13(14-2)16(3)11-12-8-6-5-7-9-12;/h4-9H,1,10-11H2,2-3H3,(H,14,15);1H. The molecule has 0 radical (unpaired) electrons. The maximum Gasteiger partial charge on any atom is 0.193 e. The van der Waals surface area contributed by atoms with E-state index in [1.165, 1.54) is 5.56 Å². The summed E-state index contributed by atoms with van der Waals surface area (Å²) in [6.45, 7) is 5.25. The zero-order valence-corrected chi connectivity index (χ0v) is 12.7. The molecule has 17 heavy (non-hydrogen) atoms. The minimum absolute atomic E-state index is 0. The van der Waals surface area contributed by atoms with Gasteiger partial charge in [-0.3, -0.25) is 4.99 Å². The van der Waals surface area contributed by atoms with Gasteiger partial charge in [-0.05, 0) is 5.56 Å². The Kier molecular flexibility index (Phi) is 8.49. The van der Waals surface area contributed by atoms with E-state index in [1.807, 2.05) is 31.3 Å². The van der Waals surface area contributed by atoms with Gasteiger partial charge < -0.3 is 10.2 Å². The molecule has 1 aromatic carbocycles. The molecule has 0 heterocycles. The molecule has 1 N–H and O–H groups in total. The van der Waals surface area contributed by atoms with Crippen LogP contribution in [0.1, 0.15) is 5.56 Å². The molecule has 1 aromatic rings. The average Bonchev–Trinajstić information content (AvgIpc) is 2.31. The highest BCUT2D eigenvalue weighted by Crippen LogP contribution is 2.02. The zero-order valence-electron chi connectivity index (χ0n) is 10.4. The van der Waals surface area contributed by atoms with Gasteiger partial charge in [0.05, 0.1) is 0 Å². The molecule has 0 spiro atoms. The minimum atomic E-state index is 0. The third kappa shape index (κ3) is 5.72. The van der Waals surface area contributed by atoms with Crippen LogP contribution in [-0.4, -0.2) is 31.5 Å². The van der Waals surface area contributed by atoms with Crippen molar-refractivity contribution in [1.82, 2.24) is 10.2 Å². The van der Waals surface area contributed by atoms with Crippen LogP contribution in [0.15, 0.2) is 48.0 Å². The van der Waals surface area contributed by atoms with Gasteiger partial charge in [0.25, 0.3) is 0 Å². The van der Waals surface area contributed by atoms with Crippen molar-refractivity contribution in [3.05, 3.63) is 48.6 Å². The molecule has 94 valence electrons. The molecule has 0 saturated heterocycles. The summed E-state index contributed by atoms with van der Waals surface area (Å²) in [5, 5.41) is 3.20. The molecule has 0 saturated carbocycles. The fourth-order valence-corrected chi connectivity index (χ4v) is 1.48. The number of nitrogens with zero attached hydrogens (tertiary/aromatic N) is 2. The van der Waals surface area contributed by atoms with Gasteiger partial charge in [-0.2, -0.15) is 0 Å². The lowest BCUT2D eigenvalue weighted by atomic mass is 10.2. The Morgan fingerprint density at radius 2 is 2.06 bits per heavy atom. The Balaban J connectivity index is 0.00000256. The van der Waals surface area contributed by atoms with Crippen molar-refractivity contribution in [2.24, 2.45) is 4.99 Å². The predicted molar refractivity (Wildman–Crippen MR) is 84.9 cm³/mol. The van der Waals surface area contributed by atoms with Gasteiger partial charge in [-0.1, -0.05) is 36.4 Å². The summed E-state index contributed by atoms with van der Waals surface area (Å²) in [6, 6.07) is 10.3. The van der Waals surface area contributed by atoms with Crippen LogP contribution in [0.3, 0.4) is 0 Å². The van der Waals surface area contributed by atoms with Gasteiger partial charge in [0.2, 0.25) is 0 Å². The highest BCUT2D eigenvalue weighted by Gasteiger charge is 2.04. The molecule has 0 aliphatic carbocycles. The number of guanidine groups is 1. The quantitative estimate of drug-likeness (QED) is 0.393. The Morgan fingerprint density at radius 1 is 1.41 bits per heavy atom. The van der Waals surface area contributed by atoms with Crippen molar-refractivity contribution in [2.45, 2.75) is 6.54 Å². The van der Waals surface area contributed by atoms with Gasteiger partial charge in [0.15, 0.2) is 5.96 Å². The molecule has 4 heteroatoms. The number of hydrogen-bond donors (Lipinski definition) is 1. The minimum Gasteiger partial charge on any atom is -0.353 e. The second-order valence-corrected chi connectivity index (χ2v) is 3.56. The lowest BCUT2D eigenvalue weighted by Gasteiger charge is -2.21. The summed E-state index contributed by atoms with van der Waals surface area (Å²) in [5.74, 6) is 0.878. The van der Waals surface area contributed by atoms with Crippen LogP contribution in [0.4, 0.5) is 0 Å². The number of nitrogens with one attached hydrogen (secondary N) is 1. The smallest absolute Gasteiger partial charge is 0.193 e. The number of hydrogen-bond acceptors (Lipinski definition) is 1. The van der Waals surface area contributed by atoms with Crippen LogP contribution in [0.2, 0.25) is 0 Å². The number of aliphatic imine (C=N–C) groups is 1. The van der Waals surface area contributed by atoms with Crippen molar-refractivity contribution in [3.63, 3.8) is 0 Å². The summed E-state index contributed by atoms with van der Waals surface area (Å²) in [6.07, 6.45) is 1.82. The maximum atomic E-state index is 4.21. The van der Waals surface area contributed by atoms with Gasteiger partial charge >= 0.3 is 0 Å². The molecule has 3 nitrogen and oxygen atoms in total. The van der Waals surface area contributed by atoms with Crippen molar-refractivity contribution in [1.29, 1.82) is 0 Å². The SMILES string of the molecule is C=CCNC(=NC)N(C)Cc1ccccc1.I. The molecule has 0 atom stereocenters. The van der Waals surface area contributed by atoms with Crippen molar-refractivity contribution >= 4 is 29.9 Å². The van der Waals surface area contributed by atoms with Crippen molar-refractivity contribution in [2.75, 3.05) is 20.6 Å². The largest absolute Gasteiger partial charge is 0.353 e. The Bertz CT molecular complexity index is 349. The molecule has 0 unspecified atom stereocenters. The first-order valence-corrected chi connectivity index (χ1v) is 5.34. The lowest BCUT2D eigenvalue weighted by molar-refractivity contribution is 0.480. The number of benzene rings is 1. The van der Waals surface area contributed by atoms with E-state index in [-0.39, 0.29) is 24.0 Å². The topological polar surface area (TPSA) is 27.6 Å². The first-order chi connectivity index (χ1) is 7.77. The van der Waals surface area contributed by atoms with E-state index < -0.39 is 0 Å².